The molecule has 0 aromatic rings. The van der Waals surface area contributed by atoms with Gasteiger partial charge in [-0.25, -0.2) is 4.79 Å². The normalized spacial score (nSPS) is 14.5. The molecule has 1 fully saturated rings. The zero-order valence-corrected chi connectivity index (χ0v) is 11.6. The van der Waals surface area contributed by atoms with Crippen molar-refractivity contribution in [2.75, 3.05) is 46.9 Å². The third-order valence-electron chi connectivity index (χ3n) is 3.00. The van der Waals surface area contributed by atoms with Crippen molar-refractivity contribution in [3.63, 3.8) is 0 Å². The molecular weight excluding hydrogens is 250 g/mol. The first-order chi connectivity index (χ1) is 9.04. The Morgan fingerprint density at radius 3 is 2.58 bits per heavy atom. The minimum atomic E-state index is -0.973. The van der Waals surface area contributed by atoms with Crippen molar-refractivity contribution in [1.29, 1.82) is 0 Å². The number of aliphatic carboxylic acids is 1. The number of carboxylic acids is 1. The molecule has 0 unspecified atom stereocenters. The van der Waals surface area contributed by atoms with Gasteiger partial charge in [0, 0.05) is 32.8 Å². The summed E-state index contributed by atoms with van der Waals surface area (Å²) in [6, 6.07) is -0.188. The van der Waals surface area contributed by atoms with Crippen molar-refractivity contribution in [1.82, 2.24) is 15.1 Å². The molecular formula is C12H23N3O4. The lowest BCUT2D eigenvalue weighted by molar-refractivity contribution is -0.137. The summed E-state index contributed by atoms with van der Waals surface area (Å²) in [4.78, 5) is 26.0. The van der Waals surface area contributed by atoms with Gasteiger partial charge in [-0.15, -0.1) is 0 Å². The van der Waals surface area contributed by atoms with Gasteiger partial charge in [-0.05, 0) is 19.9 Å². The third-order valence-corrected chi connectivity index (χ3v) is 3.00. The van der Waals surface area contributed by atoms with Crippen LogP contribution >= 0.6 is 0 Å². The number of ether oxygens (including phenoxy) is 1. The van der Waals surface area contributed by atoms with Crippen LogP contribution in [0.2, 0.25) is 0 Å². The van der Waals surface area contributed by atoms with E-state index >= 15 is 0 Å². The molecule has 0 aromatic carbocycles. The van der Waals surface area contributed by atoms with Gasteiger partial charge in [0.25, 0.3) is 0 Å². The molecule has 2 amide bonds. The molecule has 0 atom stereocenters. The van der Waals surface area contributed by atoms with E-state index in [9.17, 15) is 9.59 Å². The van der Waals surface area contributed by atoms with Crippen molar-refractivity contribution in [2.45, 2.75) is 18.9 Å². The van der Waals surface area contributed by atoms with Crippen molar-refractivity contribution in [3.8, 4) is 0 Å². The van der Waals surface area contributed by atoms with Crippen molar-refractivity contribution in [2.24, 2.45) is 0 Å². The van der Waals surface area contributed by atoms with Gasteiger partial charge in [0.05, 0.1) is 6.61 Å². The van der Waals surface area contributed by atoms with Crippen LogP contribution in [0.25, 0.3) is 0 Å². The molecule has 1 aliphatic carbocycles. The second kappa shape index (κ2) is 7.96. The van der Waals surface area contributed by atoms with Gasteiger partial charge in [-0.2, -0.15) is 0 Å². The predicted molar refractivity (Wildman–Crippen MR) is 70.1 cm³/mol. The smallest absolute Gasteiger partial charge is 0.323 e. The van der Waals surface area contributed by atoms with E-state index in [2.05, 4.69) is 5.32 Å². The molecule has 0 spiro atoms. The highest BCUT2D eigenvalue weighted by atomic mass is 16.5. The first-order valence-corrected chi connectivity index (χ1v) is 6.48. The van der Waals surface area contributed by atoms with Crippen LogP contribution in [0.3, 0.4) is 0 Å². The first kappa shape index (κ1) is 15.7. The number of carbonyl (C=O) groups is 2. The minimum Gasteiger partial charge on any atom is -0.480 e. The molecule has 19 heavy (non-hydrogen) atoms. The molecule has 0 heterocycles. The molecule has 0 aromatic heterocycles. The van der Waals surface area contributed by atoms with E-state index in [1.54, 1.807) is 7.11 Å². The van der Waals surface area contributed by atoms with E-state index in [0.717, 1.165) is 19.4 Å². The lowest BCUT2D eigenvalue weighted by Crippen LogP contribution is -2.46. The van der Waals surface area contributed by atoms with Crippen LogP contribution in [0.1, 0.15) is 12.8 Å². The topological polar surface area (TPSA) is 82.1 Å². The quantitative estimate of drug-likeness (QED) is 0.609. The Hall–Kier alpha value is -1.34. The zero-order valence-electron chi connectivity index (χ0n) is 11.6. The van der Waals surface area contributed by atoms with Crippen molar-refractivity contribution < 1.29 is 19.4 Å². The van der Waals surface area contributed by atoms with E-state index < -0.39 is 5.97 Å². The number of nitrogens with one attached hydrogen (secondary N) is 1. The molecule has 1 rings (SSSR count). The standard InChI is InChI=1S/C12H23N3O4/c1-14(7-8-19-2)6-5-13-12(18)15(9-11(16)17)10-3-4-10/h10H,3-9H2,1-2H3,(H,13,18)(H,16,17). The highest BCUT2D eigenvalue weighted by Gasteiger charge is 2.33. The Kier molecular flexibility index (Phi) is 6.58. The number of hydrogen-bond donors (Lipinski definition) is 2. The van der Waals surface area contributed by atoms with Crippen LogP contribution in [-0.2, 0) is 9.53 Å². The van der Waals surface area contributed by atoms with Crippen LogP contribution in [0.5, 0.6) is 0 Å². The van der Waals surface area contributed by atoms with Gasteiger partial charge in [-0.3, -0.25) is 4.79 Å². The molecule has 1 aliphatic rings. The van der Waals surface area contributed by atoms with Crippen LogP contribution in [0, 0.1) is 0 Å². The van der Waals surface area contributed by atoms with E-state index in [0.29, 0.717) is 19.7 Å². The van der Waals surface area contributed by atoms with Crippen molar-refractivity contribution >= 4 is 12.0 Å². The third kappa shape index (κ3) is 6.40. The van der Waals surface area contributed by atoms with E-state index in [1.165, 1.54) is 4.90 Å². The number of methoxy groups -OCH3 is 1. The molecule has 0 saturated heterocycles. The summed E-state index contributed by atoms with van der Waals surface area (Å²) in [6.45, 7) is 2.43. The fourth-order valence-corrected chi connectivity index (χ4v) is 1.71. The Morgan fingerprint density at radius 1 is 1.37 bits per heavy atom. The van der Waals surface area contributed by atoms with Gasteiger partial charge in [-0.1, -0.05) is 0 Å². The maximum atomic E-state index is 11.9. The number of hydrogen-bond acceptors (Lipinski definition) is 4. The molecule has 0 radical (unpaired) electrons. The molecule has 0 aliphatic heterocycles. The molecule has 7 nitrogen and oxygen atoms in total. The molecule has 0 bridgehead atoms. The lowest BCUT2D eigenvalue weighted by Gasteiger charge is -2.22. The van der Waals surface area contributed by atoms with Gasteiger partial charge in [0.1, 0.15) is 6.54 Å². The molecule has 7 heteroatoms. The van der Waals surface area contributed by atoms with Crippen LogP contribution in [0.15, 0.2) is 0 Å². The number of urea groups is 1. The fourth-order valence-electron chi connectivity index (χ4n) is 1.71. The summed E-state index contributed by atoms with van der Waals surface area (Å²) in [5.74, 6) is -0.973. The highest BCUT2D eigenvalue weighted by Crippen LogP contribution is 2.26. The second-order valence-electron chi connectivity index (χ2n) is 4.78. The van der Waals surface area contributed by atoms with Crippen LogP contribution in [0.4, 0.5) is 4.79 Å². The number of amides is 2. The van der Waals surface area contributed by atoms with Gasteiger partial charge < -0.3 is 25.0 Å². The monoisotopic (exact) mass is 273 g/mol. The Labute approximate surface area is 113 Å². The van der Waals surface area contributed by atoms with Gasteiger partial charge in [0.2, 0.25) is 0 Å². The maximum Gasteiger partial charge on any atom is 0.323 e. The number of likely N-dealkylation sites (N-methyl/N-ethyl adjacent to an activating group) is 1. The van der Waals surface area contributed by atoms with E-state index in [4.69, 9.17) is 9.84 Å². The number of rotatable bonds is 9. The zero-order chi connectivity index (χ0) is 14.3. The highest BCUT2D eigenvalue weighted by molar-refractivity contribution is 5.80. The van der Waals surface area contributed by atoms with E-state index in [1.807, 2.05) is 11.9 Å². The summed E-state index contributed by atoms with van der Waals surface area (Å²) in [6.07, 6.45) is 1.79. The number of nitrogens with zero attached hydrogens (tertiary/aromatic N) is 2. The summed E-state index contributed by atoms with van der Waals surface area (Å²) >= 11 is 0. The predicted octanol–water partition coefficient (Wildman–Crippen LogP) is -0.177. The SMILES string of the molecule is COCCN(C)CCNC(=O)N(CC(=O)O)C1CC1. The summed E-state index contributed by atoms with van der Waals surface area (Å²) < 4.78 is 4.96. The lowest BCUT2D eigenvalue weighted by atomic mass is 10.4. The Balaban J connectivity index is 2.22. The number of carboxylic acid groups (broad SMARTS) is 1. The second-order valence-corrected chi connectivity index (χ2v) is 4.78. The Bertz CT molecular complexity index is 307. The average Bonchev–Trinajstić information content (AvgIpc) is 3.17. The van der Waals surface area contributed by atoms with Gasteiger partial charge >= 0.3 is 12.0 Å². The van der Waals surface area contributed by atoms with E-state index in [-0.39, 0.29) is 18.6 Å². The summed E-state index contributed by atoms with van der Waals surface area (Å²) in [5, 5.41) is 11.5. The molecule has 2 N–H and O–H groups in total. The first-order valence-electron chi connectivity index (χ1n) is 6.48. The minimum absolute atomic E-state index is 0.0994. The fraction of sp³-hybridized carbons (Fsp3) is 0.833. The molecule has 1 saturated carbocycles. The van der Waals surface area contributed by atoms with Crippen LogP contribution < -0.4 is 5.32 Å². The summed E-state index contributed by atoms with van der Waals surface area (Å²) in [7, 11) is 3.59. The number of carbonyl (C=O) groups excluding carboxylic acids is 1. The molecule has 110 valence electrons. The maximum absolute atomic E-state index is 11.9. The van der Waals surface area contributed by atoms with Crippen LogP contribution in [-0.4, -0.2) is 79.9 Å². The average molecular weight is 273 g/mol. The van der Waals surface area contributed by atoms with Crippen molar-refractivity contribution in [3.05, 3.63) is 0 Å². The van der Waals surface area contributed by atoms with Gasteiger partial charge in [0.15, 0.2) is 0 Å². The summed E-state index contributed by atoms with van der Waals surface area (Å²) in [5.41, 5.74) is 0. The Morgan fingerprint density at radius 2 is 2.05 bits per heavy atom. The largest absolute Gasteiger partial charge is 0.480 e.